The SMILES string of the molecule is CCCC1CC1Nc1nn2c(=O)cc(CC)nc2s1. The van der Waals surface area contributed by atoms with Crippen LogP contribution >= 0.6 is 11.3 Å². The first-order chi connectivity index (χ1) is 9.21. The maximum Gasteiger partial charge on any atom is 0.275 e. The van der Waals surface area contributed by atoms with E-state index >= 15 is 0 Å². The van der Waals surface area contributed by atoms with Gasteiger partial charge in [-0.2, -0.15) is 4.52 Å². The van der Waals surface area contributed by atoms with Gasteiger partial charge in [0.05, 0.1) is 0 Å². The minimum Gasteiger partial charge on any atom is -0.357 e. The molecule has 1 aliphatic carbocycles. The molecule has 0 radical (unpaired) electrons. The zero-order valence-corrected chi connectivity index (χ0v) is 12.0. The lowest BCUT2D eigenvalue weighted by Gasteiger charge is -1.98. The number of aromatic nitrogens is 3. The number of aryl methyl sites for hydroxylation is 1. The van der Waals surface area contributed by atoms with Crippen LogP contribution in [0.3, 0.4) is 0 Å². The van der Waals surface area contributed by atoms with Gasteiger partial charge in [0.25, 0.3) is 5.56 Å². The topological polar surface area (TPSA) is 59.3 Å². The average molecular weight is 278 g/mol. The van der Waals surface area contributed by atoms with Crippen LogP contribution in [0.25, 0.3) is 4.96 Å². The number of nitrogens with one attached hydrogen (secondary N) is 1. The van der Waals surface area contributed by atoms with Gasteiger partial charge in [-0.1, -0.05) is 31.6 Å². The van der Waals surface area contributed by atoms with E-state index in [9.17, 15) is 4.79 Å². The van der Waals surface area contributed by atoms with Crippen LogP contribution in [0.15, 0.2) is 10.9 Å². The molecule has 6 heteroatoms. The van der Waals surface area contributed by atoms with Gasteiger partial charge in [-0.3, -0.25) is 4.79 Å². The molecule has 1 aliphatic rings. The summed E-state index contributed by atoms with van der Waals surface area (Å²) in [5.41, 5.74) is 0.738. The van der Waals surface area contributed by atoms with Crippen molar-refractivity contribution in [2.24, 2.45) is 5.92 Å². The fraction of sp³-hybridized carbons (Fsp3) is 0.615. The summed E-state index contributed by atoms with van der Waals surface area (Å²) >= 11 is 1.46. The lowest BCUT2D eigenvalue weighted by atomic mass is 10.2. The largest absolute Gasteiger partial charge is 0.357 e. The van der Waals surface area contributed by atoms with E-state index in [1.807, 2.05) is 6.92 Å². The van der Waals surface area contributed by atoms with Crippen molar-refractivity contribution < 1.29 is 0 Å². The van der Waals surface area contributed by atoms with Crippen molar-refractivity contribution in [2.75, 3.05) is 5.32 Å². The third-order valence-corrected chi connectivity index (χ3v) is 4.39. The van der Waals surface area contributed by atoms with Gasteiger partial charge in [0, 0.05) is 17.8 Å². The molecule has 2 aromatic heterocycles. The van der Waals surface area contributed by atoms with Crippen LogP contribution in [-0.4, -0.2) is 20.6 Å². The van der Waals surface area contributed by atoms with Gasteiger partial charge in [0.2, 0.25) is 10.1 Å². The van der Waals surface area contributed by atoms with Gasteiger partial charge in [0.15, 0.2) is 0 Å². The Hall–Kier alpha value is -1.43. The fourth-order valence-corrected chi connectivity index (χ4v) is 3.25. The lowest BCUT2D eigenvalue weighted by molar-refractivity contribution is 0.692. The number of nitrogens with zero attached hydrogens (tertiary/aromatic N) is 3. The Bertz CT molecular complexity index is 648. The molecule has 5 nitrogen and oxygen atoms in total. The minimum atomic E-state index is -0.0907. The molecule has 2 heterocycles. The molecule has 0 aliphatic heterocycles. The Balaban J connectivity index is 1.82. The summed E-state index contributed by atoms with van der Waals surface area (Å²) in [6.45, 7) is 4.21. The summed E-state index contributed by atoms with van der Waals surface area (Å²) in [5.74, 6) is 0.771. The smallest absolute Gasteiger partial charge is 0.275 e. The van der Waals surface area contributed by atoms with Crippen LogP contribution < -0.4 is 10.9 Å². The van der Waals surface area contributed by atoms with Crippen LogP contribution in [-0.2, 0) is 6.42 Å². The van der Waals surface area contributed by atoms with Crippen molar-refractivity contribution in [1.29, 1.82) is 0 Å². The predicted octanol–water partition coefficient (Wildman–Crippen LogP) is 2.31. The summed E-state index contributed by atoms with van der Waals surface area (Å²) in [5, 5.41) is 8.53. The molecule has 2 unspecified atom stereocenters. The highest BCUT2D eigenvalue weighted by Crippen LogP contribution is 2.37. The molecule has 0 spiro atoms. The number of anilines is 1. The molecule has 3 rings (SSSR count). The normalized spacial score (nSPS) is 21.8. The number of rotatable bonds is 5. The van der Waals surface area contributed by atoms with Gasteiger partial charge in [0.1, 0.15) is 0 Å². The van der Waals surface area contributed by atoms with E-state index in [0.717, 1.165) is 23.2 Å². The average Bonchev–Trinajstić information content (AvgIpc) is 2.97. The van der Waals surface area contributed by atoms with Gasteiger partial charge >= 0.3 is 0 Å². The highest BCUT2D eigenvalue weighted by atomic mass is 32.1. The van der Waals surface area contributed by atoms with E-state index in [1.165, 1.54) is 35.1 Å². The molecule has 0 bridgehead atoms. The van der Waals surface area contributed by atoms with Crippen LogP contribution in [0.5, 0.6) is 0 Å². The van der Waals surface area contributed by atoms with Gasteiger partial charge in [-0.15, -0.1) is 5.10 Å². The molecular weight excluding hydrogens is 260 g/mol. The lowest BCUT2D eigenvalue weighted by Crippen LogP contribution is -2.15. The van der Waals surface area contributed by atoms with E-state index in [4.69, 9.17) is 0 Å². The maximum atomic E-state index is 11.9. The third kappa shape index (κ3) is 2.49. The molecule has 1 N–H and O–H groups in total. The Kier molecular flexibility index (Phi) is 3.26. The molecule has 19 heavy (non-hydrogen) atoms. The minimum absolute atomic E-state index is 0.0907. The van der Waals surface area contributed by atoms with Crippen LogP contribution in [0, 0.1) is 5.92 Å². The molecule has 0 aromatic carbocycles. The molecule has 102 valence electrons. The van der Waals surface area contributed by atoms with Crippen molar-refractivity contribution >= 4 is 21.4 Å². The Morgan fingerprint density at radius 3 is 3.11 bits per heavy atom. The Morgan fingerprint density at radius 2 is 2.37 bits per heavy atom. The summed E-state index contributed by atoms with van der Waals surface area (Å²) in [4.78, 5) is 17.0. The van der Waals surface area contributed by atoms with Crippen LogP contribution in [0.2, 0.25) is 0 Å². The van der Waals surface area contributed by atoms with Crippen molar-refractivity contribution in [1.82, 2.24) is 14.6 Å². The monoisotopic (exact) mass is 278 g/mol. The number of hydrogen-bond donors (Lipinski definition) is 1. The van der Waals surface area contributed by atoms with Gasteiger partial charge in [-0.25, -0.2) is 4.98 Å². The molecule has 2 atom stereocenters. The molecular formula is C13H18N4OS. The maximum absolute atomic E-state index is 11.9. The third-order valence-electron chi connectivity index (χ3n) is 3.55. The van der Waals surface area contributed by atoms with Crippen molar-refractivity contribution in [3.05, 3.63) is 22.1 Å². The highest BCUT2D eigenvalue weighted by Gasteiger charge is 2.36. The molecule has 1 saturated carbocycles. The van der Waals surface area contributed by atoms with Crippen molar-refractivity contribution in [2.45, 2.75) is 45.6 Å². The van der Waals surface area contributed by atoms with Crippen LogP contribution in [0.4, 0.5) is 5.13 Å². The van der Waals surface area contributed by atoms with E-state index < -0.39 is 0 Å². The first-order valence-corrected chi connectivity index (χ1v) is 7.69. The standard InChI is InChI=1S/C13H18N4OS/c1-3-5-8-6-10(8)15-12-16-17-11(18)7-9(4-2)14-13(17)19-12/h7-8,10H,3-6H2,1-2H3,(H,15,16). The summed E-state index contributed by atoms with van der Waals surface area (Å²) in [6, 6.07) is 2.09. The summed E-state index contributed by atoms with van der Waals surface area (Å²) in [7, 11) is 0. The van der Waals surface area contributed by atoms with E-state index in [-0.39, 0.29) is 5.56 Å². The van der Waals surface area contributed by atoms with E-state index in [1.54, 1.807) is 6.07 Å². The molecule has 1 fully saturated rings. The first-order valence-electron chi connectivity index (χ1n) is 6.87. The van der Waals surface area contributed by atoms with Crippen molar-refractivity contribution in [3.8, 4) is 0 Å². The second-order valence-electron chi connectivity index (χ2n) is 5.08. The highest BCUT2D eigenvalue weighted by molar-refractivity contribution is 7.20. The second-order valence-corrected chi connectivity index (χ2v) is 6.03. The van der Waals surface area contributed by atoms with Crippen molar-refractivity contribution in [3.63, 3.8) is 0 Å². The van der Waals surface area contributed by atoms with Crippen LogP contribution in [0.1, 0.15) is 38.8 Å². The van der Waals surface area contributed by atoms with E-state index in [0.29, 0.717) is 11.0 Å². The quantitative estimate of drug-likeness (QED) is 0.912. The summed E-state index contributed by atoms with van der Waals surface area (Å²) < 4.78 is 1.39. The summed E-state index contributed by atoms with van der Waals surface area (Å²) in [6.07, 6.45) is 4.48. The Labute approximate surface area is 115 Å². The number of hydrogen-bond acceptors (Lipinski definition) is 5. The zero-order valence-electron chi connectivity index (χ0n) is 11.2. The predicted molar refractivity (Wildman–Crippen MR) is 76.9 cm³/mol. The molecule has 2 aromatic rings. The number of fused-ring (bicyclic) bond motifs is 1. The van der Waals surface area contributed by atoms with Gasteiger partial charge < -0.3 is 5.32 Å². The zero-order chi connectivity index (χ0) is 13.4. The molecule has 0 amide bonds. The molecule has 0 saturated heterocycles. The Morgan fingerprint density at radius 1 is 1.53 bits per heavy atom. The van der Waals surface area contributed by atoms with E-state index in [2.05, 4.69) is 22.3 Å². The van der Waals surface area contributed by atoms with Gasteiger partial charge in [-0.05, 0) is 25.2 Å². The fourth-order valence-electron chi connectivity index (χ4n) is 2.37. The first kappa shape index (κ1) is 12.6. The second kappa shape index (κ2) is 4.92.